The molecule has 0 bridgehead atoms. The summed E-state index contributed by atoms with van der Waals surface area (Å²) in [5, 5.41) is 8.46. The first kappa shape index (κ1) is 10.6. The fourth-order valence-electron chi connectivity index (χ4n) is 1.03. The first-order valence-corrected chi connectivity index (χ1v) is 4.48. The van der Waals surface area contributed by atoms with E-state index in [0.29, 0.717) is 0 Å². The maximum absolute atomic E-state index is 8.46. The highest BCUT2D eigenvalue weighted by Gasteiger charge is 2.01. The highest BCUT2D eigenvalue weighted by atomic mass is 16.5. The number of rotatable bonds is 3. The van der Waals surface area contributed by atoms with E-state index in [0.717, 1.165) is 5.75 Å². The van der Waals surface area contributed by atoms with Crippen LogP contribution in [0.5, 0.6) is 5.75 Å². The smallest absolute Gasteiger partial charge is 0.127 e. The van der Waals surface area contributed by atoms with Gasteiger partial charge in [0.1, 0.15) is 18.4 Å². The van der Waals surface area contributed by atoms with Crippen molar-refractivity contribution in [3.8, 4) is 11.8 Å². The highest BCUT2D eigenvalue weighted by molar-refractivity contribution is 5.33. The molecule has 0 fully saturated rings. The molecule has 74 valence electrons. The number of nitriles is 1. The van der Waals surface area contributed by atoms with Gasteiger partial charge in [-0.05, 0) is 37.1 Å². The Balaban J connectivity index is 2.61. The van der Waals surface area contributed by atoms with Gasteiger partial charge in [0.15, 0.2) is 0 Å². The van der Waals surface area contributed by atoms with E-state index in [9.17, 15) is 0 Å². The van der Waals surface area contributed by atoms with Crippen LogP contribution < -0.4 is 10.5 Å². The van der Waals surface area contributed by atoms with Crippen molar-refractivity contribution in [3.63, 3.8) is 0 Å². The molecule has 14 heavy (non-hydrogen) atoms. The summed E-state index contributed by atoms with van der Waals surface area (Å²) >= 11 is 0. The first-order valence-electron chi connectivity index (χ1n) is 4.48. The minimum absolute atomic E-state index is 0.235. The Labute approximate surface area is 84.1 Å². The molecule has 0 aliphatic heterocycles. The zero-order valence-electron chi connectivity index (χ0n) is 8.45. The lowest BCUT2D eigenvalue weighted by atomic mass is 10.1. The van der Waals surface area contributed by atoms with Crippen LogP contribution >= 0.6 is 0 Å². The Kier molecular flexibility index (Phi) is 3.49. The van der Waals surface area contributed by atoms with Gasteiger partial charge in [-0.3, -0.25) is 0 Å². The molecule has 0 radical (unpaired) electrons. The van der Waals surface area contributed by atoms with Crippen LogP contribution in [0, 0.1) is 25.2 Å². The molecule has 3 heteroatoms. The summed E-state index contributed by atoms with van der Waals surface area (Å²) in [6.45, 7) is 4.30. The minimum Gasteiger partial charge on any atom is -0.491 e. The van der Waals surface area contributed by atoms with E-state index in [1.807, 2.05) is 38.1 Å². The molecule has 0 heterocycles. The van der Waals surface area contributed by atoms with Crippen molar-refractivity contribution in [2.75, 3.05) is 6.61 Å². The monoisotopic (exact) mass is 190 g/mol. The maximum atomic E-state index is 8.46. The summed E-state index contributed by atoms with van der Waals surface area (Å²) in [6.07, 6.45) is 0. The maximum Gasteiger partial charge on any atom is 0.127 e. The van der Waals surface area contributed by atoms with Crippen LogP contribution in [0.3, 0.4) is 0 Å². The van der Waals surface area contributed by atoms with Gasteiger partial charge in [0.25, 0.3) is 0 Å². The van der Waals surface area contributed by atoms with Crippen molar-refractivity contribution in [1.29, 1.82) is 5.26 Å². The predicted octanol–water partition coefficient (Wildman–Crippen LogP) is 1.53. The minimum atomic E-state index is -0.559. The second-order valence-corrected chi connectivity index (χ2v) is 3.29. The van der Waals surface area contributed by atoms with E-state index < -0.39 is 6.04 Å². The van der Waals surface area contributed by atoms with Crippen molar-refractivity contribution in [2.45, 2.75) is 19.9 Å². The van der Waals surface area contributed by atoms with Crippen molar-refractivity contribution in [1.82, 2.24) is 0 Å². The molecule has 1 unspecified atom stereocenters. The largest absolute Gasteiger partial charge is 0.491 e. The first-order chi connectivity index (χ1) is 6.63. The highest BCUT2D eigenvalue weighted by Crippen LogP contribution is 2.16. The lowest BCUT2D eigenvalue weighted by Gasteiger charge is -2.08. The zero-order chi connectivity index (χ0) is 10.6. The topological polar surface area (TPSA) is 59.0 Å². The molecular weight excluding hydrogens is 176 g/mol. The van der Waals surface area contributed by atoms with Gasteiger partial charge < -0.3 is 10.5 Å². The summed E-state index contributed by atoms with van der Waals surface area (Å²) in [4.78, 5) is 0. The van der Waals surface area contributed by atoms with Gasteiger partial charge in [0, 0.05) is 0 Å². The van der Waals surface area contributed by atoms with Gasteiger partial charge >= 0.3 is 0 Å². The Morgan fingerprint density at radius 3 is 2.71 bits per heavy atom. The summed E-state index contributed by atoms with van der Waals surface area (Å²) in [6, 6.07) is 7.17. The Bertz CT molecular complexity index is 355. The second kappa shape index (κ2) is 4.64. The molecule has 0 aliphatic rings. The average molecular weight is 190 g/mol. The van der Waals surface area contributed by atoms with Crippen LogP contribution in [0.1, 0.15) is 11.1 Å². The summed E-state index contributed by atoms with van der Waals surface area (Å²) in [7, 11) is 0. The molecule has 1 atom stereocenters. The molecule has 0 spiro atoms. The number of nitrogens with two attached hydrogens (primary N) is 1. The van der Waals surface area contributed by atoms with Gasteiger partial charge in [-0.15, -0.1) is 0 Å². The standard InChI is InChI=1S/C11H14N2O/c1-8-3-4-11(5-9(8)2)14-7-10(13)6-12/h3-5,10H,7,13H2,1-2H3. The molecule has 3 nitrogen and oxygen atoms in total. The average Bonchev–Trinajstić information content (AvgIpc) is 2.19. The lowest BCUT2D eigenvalue weighted by Crippen LogP contribution is -2.25. The molecule has 0 saturated heterocycles. The molecule has 1 aromatic rings. The third-order valence-electron chi connectivity index (χ3n) is 2.07. The van der Waals surface area contributed by atoms with Gasteiger partial charge in [-0.25, -0.2) is 0 Å². The molecule has 0 aromatic heterocycles. The summed E-state index contributed by atoms with van der Waals surface area (Å²) < 4.78 is 5.35. The van der Waals surface area contributed by atoms with Gasteiger partial charge in [0.05, 0.1) is 6.07 Å². The van der Waals surface area contributed by atoms with Crippen LogP contribution in [0.4, 0.5) is 0 Å². The third-order valence-corrected chi connectivity index (χ3v) is 2.07. The van der Waals surface area contributed by atoms with Crippen LogP contribution in [0.15, 0.2) is 18.2 Å². The van der Waals surface area contributed by atoms with Crippen molar-refractivity contribution in [3.05, 3.63) is 29.3 Å². The van der Waals surface area contributed by atoms with E-state index >= 15 is 0 Å². The number of benzene rings is 1. The number of hydrogen-bond donors (Lipinski definition) is 1. The fourth-order valence-corrected chi connectivity index (χ4v) is 1.03. The number of aryl methyl sites for hydroxylation is 2. The molecule has 2 N–H and O–H groups in total. The van der Waals surface area contributed by atoms with Gasteiger partial charge in [-0.1, -0.05) is 6.07 Å². The fraction of sp³-hybridized carbons (Fsp3) is 0.364. The Morgan fingerprint density at radius 2 is 2.14 bits per heavy atom. The van der Waals surface area contributed by atoms with Crippen LogP contribution in [0.2, 0.25) is 0 Å². The van der Waals surface area contributed by atoms with Crippen LogP contribution in [-0.4, -0.2) is 12.6 Å². The van der Waals surface area contributed by atoms with Crippen LogP contribution in [0.25, 0.3) is 0 Å². The number of hydrogen-bond acceptors (Lipinski definition) is 3. The molecule has 1 rings (SSSR count). The van der Waals surface area contributed by atoms with E-state index in [1.54, 1.807) is 0 Å². The summed E-state index contributed by atoms with van der Waals surface area (Å²) in [5.41, 5.74) is 7.80. The normalized spacial score (nSPS) is 11.9. The molecule has 0 saturated carbocycles. The van der Waals surface area contributed by atoms with Gasteiger partial charge in [-0.2, -0.15) is 5.26 Å². The predicted molar refractivity (Wildman–Crippen MR) is 55.0 cm³/mol. The van der Waals surface area contributed by atoms with E-state index in [1.165, 1.54) is 11.1 Å². The van der Waals surface area contributed by atoms with Crippen molar-refractivity contribution >= 4 is 0 Å². The number of ether oxygens (including phenoxy) is 1. The van der Waals surface area contributed by atoms with Gasteiger partial charge in [0.2, 0.25) is 0 Å². The molecular formula is C11H14N2O. The molecule has 1 aromatic carbocycles. The molecule has 0 aliphatic carbocycles. The van der Waals surface area contributed by atoms with Crippen LogP contribution in [-0.2, 0) is 0 Å². The SMILES string of the molecule is Cc1ccc(OCC(N)C#N)cc1C. The lowest BCUT2D eigenvalue weighted by molar-refractivity contribution is 0.308. The van der Waals surface area contributed by atoms with E-state index in [-0.39, 0.29) is 6.61 Å². The quantitative estimate of drug-likeness (QED) is 0.786. The molecule has 0 amide bonds. The van der Waals surface area contributed by atoms with E-state index in [4.69, 9.17) is 15.7 Å². The Hall–Kier alpha value is -1.53. The Morgan fingerprint density at radius 1 is 1.43 bits per heavy atom. The number of nitrogens with zero attached hydrogens (tertiary/aromatic N) is 1. The van der Waals surface area contributed by atoms with Crippen molar-refractivity contribution < 1.29 is 4.74 Å². The van der Waals surface area contributed by atoms with Crippen molar-refractivity contribution in [2.24, 2.45) is 5.73 Å². The second-order valence-electron chi connectivity index (χ2n) is 3.29. The zero-order valence-corrected chi connectivity index (χ0v) is 8.45. The van der Waals surface area contributed by atoms with E-state index in [2.05, 4.69) is 0 Å². The third kappa shape index (κ3) is 2.75. The summed E-state index contributed by atoms with van der Waals surface area (Å²) in [5.74, 6) is 0.763.